The number of imide groups is 2. The summed E-state index contributed by atoms with van der Waals surface area (Å²) in [6.45, 7) is 3.69. The zero-order valence-corrected chi connectivity index (χ0v) is 17.5. The Hall–Kier alpha value is -3.47. The van der Waals surface area contributed by atoms with Gasteiger partial charge in [0.2, 0.25) is 11.8 Å². The van der Waals surface area contributed by atoms with Gasteiger partial charge in [0.15, 0.2) is 0 Å². The van der Waals surface area contributed by atoms with E-state index in [2.05, 4.69) is 15.5 Å². The van der Waals surface area contributed by atoms with Gasteiger partial charge >= 0.3 is 6.09 Å². The number of benzene rings is 1. The molecular formula is C21H25N5O6. The highest BCUT2D eigenvalue weighted by atomic mass is 16.4. The van der Waals surface area contributed by atoms with Crippen molar-refractivity contribution >= 4 is 35.4 Å². The van der Waals surface area contributed by atoms with Crippen molar-refractivity contribution in [3.63, 3.8) is 0 Å². The Kier molecular flexibility index (Phi) is 6.08. The predicted molar refractivity (Wildman–Crippen MR) is 112 cm³/mol. The predicted octanol–water partition coefficient (Wildman–Crippen LogP) is 0.185. The van der Waals surface area contributed by atoms with Crippen molar-refractivity contribution < 1.29 is 29.1 Å². The summed E-state index contributed by atoms with van der Waals surface area (Å²) in [5, 5.41) is 14.4. The number of carbonyl (C=O) groups excluding carboxylic acids is 4. The van der Waals surface area contributed by atoms with Gasteiger partial charge in [0.05, 0.1) is 11.1 Å². The number of carboxylic acid groups (broad SMARTS) is 1. The molecule has 3 heterocycles. The molecule has 11 nitrogen and oxygen atoms in total. The molecule has 2 fully saturated rings. The molecule has 1 unspecified atom stereocenters. The molecule has 3 N–H and O–H groups in total. The summed E-state index contributed by atoms with van der Waals surface area (Å²) in [4.78, 5) is 65.1. The Morgan fingerprint density at radius 3 is 2.53 bits per heavy atom. The first-order valence-electron chi connectivity index (χ1n) is 10.7. The molecular weight excluding hydrogens is 418 g/mol. The van der Waals surface area contributed by atoms with Crippen LogP contribution in [0.15, 0.2) is 18.2 Å². The van der Waals surface area contributed by atoms with Crippen molar-refractivity contribution in [2.45, 2.75) is 25.3 Å². The first kappa shape index (κ1) is 21.8. The smallest absolute Gasteiger partial charge is 0.407 e. The molecule has 0 bridgehead atoms. The van der Waals surface area contributed by atoms with Gasteiger partial charge in [-0.3, -0.25) is 34.3 Å². The second-order valence-corrected chi connectivity index (χ2v) is 8.07. The van der Waals surface area contributed by atoms with Crippen molar-refractivity contribution in [3.05, 3.63) is 29.3 Å². The average molecular weight is 443 g/mol. The van der Waals surface area contributed by atoms with Crippen LogP contribution in [-0.4, -0.2) is 94.8 Å². The van der Waals surface area contributed by atoms with E-state index in [4.69, 9.17) is 5.11 Å². The number of hydrogen-bond donors (Lipinski definition) is 3. The van der Waals surface area contributed by atoms with E-state index in [0.717, 1.165) is 17.9 Å². The fraction of sp³-hybridized carbons (Fsp3) is 0.476. The van der Waals surface area contributed by atoms with Crippen LogP contribution in [0.2, 0.25) is 0 Å². The van der Waals surface area contributed by atoms with Crippen molar-refractivity contribution in [2.24, 2.45) is 0 Å². The van der Waals surface area contributed by atoms with Crippen LogP contribution in [0, 0.1) is 0 Å². The van der Waals surface area contributed by atoms with E-state index in [9.17, 15) is 24.0 Å². The maximum Gasteiger partial charge on any atom is 0.407 e. The highest BCUT2D eigenvalue weighted by Crippen LogP contribution is 2.32. The molecule has 0 radical (unpaired) electrons. The van der Waals surface area contributed by atoms with Crippen LogP contribution in [0.4, 0.5) is 10.5 Å². The van der Waals surface area contributed by atoms with Gasteiger partial charge in [-0.15, -0.1) is 0 Å². The van der Waals surface area contributed by atoms with E-state index in [1.165, 1.54) is 4.90 Å². The number of nitrogens with zero attached hydrogens (tertiary/aromatic N) is 3. The minimum Gasteiger partial charge on any atom is -0.465 e. The zero-order valence-electron chi connectivity index (χ0n) is 17.5. The highest BCUT2D eigenvalue weighted by Gasteiger charge is 2.45. The topological polar surface area (TPSA) is 139 Å². The van der Waals surface area contributed by atoms with Crippen LogP contribution >= 0.6 is 0 Å². The van der Waals surface area contributed by atoms with Gasteiger partial charge in [0, 0.05) is 44.8 Å². The highest BCUT2D eigenvalue weighted by molar-refractivity contribution is 6.25. The maximum absolute atomic E-state index is 13.1. The summed E-state index contributed by atoms with van der Waals surface area (Å²) in [7, 11) is 0. The van der Waals surface area contributed by atoms with Gasteiger partial charge < -0.3 is 15.3 Å². The van der Waals surface area contributed by atoms with E-state index >= 15 is 0 Å². The number of fused-ring (bicyclic) bond motifs is 1. The molecule has 1 aromatic rings. The summed E-state index contributed by atoms with van der Waals surface area (Å²) in [5.41, 5.74) is 1.03. The number of piperidine rings is 1. The minimum absolute atomic E-state index is 0.0790. The third-order valence-corrected chi connectivity index (χ3v) is 6.08. The van der Waals surface area contributed by atoms with Gasteiger partial charge in [-0.1, -0.05) is 6.07 Å². The fourth-order valence-corrected chi connectivity index (χ4v) is 4.35. The number of anilines is 1. The summed E-state index contributed by atoms with van der Waals surface area (Å²) >= 11 is 0. The molecule has 0 spiro atoms. The molecule has 1 atom stereocenters. The normalized spacial score (nSPS) is 21.6. The van der Waals surface area contributed by atoms with E-state index in [1.54, 1.807) is 18.2 Å². The molecule has 3 aliphatic heterocycles. The summed E-state index contributed by atoms with van der Waals surface area (Å²) in [5.74, 6) is -2.10. The van der Waals surface area contributed by atoms with Gasteiger partial charge in [-0.05, 0) is 31.5 Å². The van der Waals surface area contributed by atoms with Crippen LogP contribution in [0.1, 0.15) is 40.0 Å². The lowest BCUT2D eigenvalue weighted by Crippen LogP contribution is -2.54. The van der Waals surface area contributed by atoms with Crippen LogP contribution < -0.4 is 10.6 Å². The number of hydrogen-bond acceptors (Lipinski definition) is 7. The minimum atomic E-state index is -0.989. The molecule has 5 amide bonds. The quantitative estimate of drug-likeness (QED) is 0.418. The van der Waals surface area contributed by atoms with Crippen LogP contribution in [0.25, 0.3) is 0 Å². The standard InChI is InChI=1S/C21H25N5O6/c27-16-6-5-15(18(28)23-16)26-19(29)13-3-1-4-14(17(13)20(26)30)22-7-2-8-24-9-11-25(12-10-24)21(31)32/h1,3-4,15,22H,2,5-12H2,(H,31,32)(H,23,27,28). The van der Waals surface area contributed by atoms with Crippen molar-refractivity contribution in [2.75, 3.05) is 44.6 Å². The Labute approximate surface area is 184 Å². The monoisotopic (exact) mass is 443 g/mol. The summed E-state index contributed by atoms with van der Waals surface area (Å²) in [6.07, 6.45) is 0.0780. The Morgan fingerprint density at radius 1 is 1.09 bits per heavy atom. The molecule has 2 saturated heterocycles. The molecule has 0 aliphatic carbocycles. The fourth-order valence-electron chi connectivity index (χ4n) is 4.35. The van der Waals surface area contributed by atoms with Crippen molar-refractivity contribution in [1.29, 1.82) is 0 Å². The van der Waals surface area contributed by atoms with Crippen molar-refractivity contribution in [3.8, 4) is 0 Å². The molecule has 0 saturated carbocycles. The number of amides is 5. The number of piperazine rings is 1. The molecule has 4 rings (SSSR count). The lowest BCUT2D eigenvalue weighted by Gasteiger charge is -2.33. The lowest BCUT2D eigenvalue weighted by atomic mass is 10.0. The van der Waals surface area contributed by atoms with Gasteiger partial charge in [0.1, 0.15) is 6.04 Å². The Morgan fingerprint density at radius 2 is 1.84 bits per heavy atom. The molecule has 3 aliphatic rings. The van der Waals surface area contributed by atoms with Gasteiger partial charge in [-0.2, -0.15) is 0 Å². The van der Waals surface area contributed by atoms with E-state index < -0.39 is 35.8 Å². The first-order valence-corrected chi connectivity index (χ1v) is 10.7. The van der Waals surface area contributed by atoms with Gasteiger partial charge in [-0.25, -0.2) is 4.79 Å². The summed E-state index contributed by atoms with van der Waals surface area (Å²) < 4.78 is 0. The second-order valence-electron chi connectivity index (χ2n) is 8.07. The van der Waals surface area contributed by atoms with Gasteiger partial charge in [0.25, 0.3) is 11.8 Å². The second kappa shape index (κ2) is 8.95. The molecule has 1 aromatic carbocycles. The van der Waals surface area contributed by atoms with Crippen LogP contribution in [0.3, 0.4) is 0 Å². The lowest BCUT2D eigenvalue weighted by molar-refractivity contribution is -0.136. The third-order valence-electron chi connectivity index (χ3n) is 6.08. The molecule has 0 aromatic heterocycles. The largest absolute Gasteiger partial charge is 0.465 e. The first-order chi connectivity index (χ1) is 15.4. The van der Waals surface area contributed by atoms with Crippen LogP contribution in [0.5, 0.6) is 0 Å². The SMILES string of the molecule is O=C1CCC(N2C(=O)c3cccc(NCCCN4CCN(C(=O)O)CC4)c3C2=O)C(=O)N1. The molecule has 170 valence electrons. The Bertz CT molecular complexity index is 971. The summed E-state index contributed by atoms with van der Waals surface area (Å²) in [6, 6.07) is 3.99. The number of nitrogens with one attached hydrogen (secondary N) is 2. The third kappa shape index (κ3) is 4.15. The maximum atomic E-state index is 13.1. The van der Waals surface area contributed by atoms with E-state index in [1.807, 2.05) is 0 Å². The van der Waals surface area contributed by atoms with Crippen LogP contribution in [-0.2, 0) is 9.59 Å². The molecule has 11 heteroatoms. The van der Waals surface area contributed by atoms with E-state index in [0.29, 0.717) is 38.4 Å². The zero-order chi connectivity index (χ0) is 22.8. The van der Waals surface area contributed by atoms with E-state index in [-0.39, 0.29) is 24.0 Å². The average Bonchev–Trinajstić information content (AvgIpc) is 3.02. The number of carbonyl (C=O) groups is 5. The Balaban J connectivity index is 1.36. The molecule has 32 heavy (non-hydrogen) atoms. The van der Waals surface area contributed by atoms with Crippen molar-refractivity contribution in [1.82, 2.24) is 20.0 Å². The number of rotatable bonds is 6.